The predicted molar refractivity (Wildman–Crippen MR) is 79.0 cm³/mol. The Morgan fingerprint density at radius 2 is 1.94 bits per heavy atom. The average molecular weight is 328 g/mol. The number of alkyl halides is 1. The molecular formula is C14H16BrClN2. The molecule has 2 nitrogen and oxygen atoms in total. The Labute approximate surface area is 121 Å². The van der Waals surface area contributed by atoms with Gasteiger partial charge in [0.25, 0.3) is 0 Å². The molecule has 0 spiro atoms. The molecule has 96 valence electrons. The van der Waals surface area contributed by atoms with E-state index >= 15 is 0 Å². The van der Waals surface area contributed by atoms with Crippen molar-refractivity contribution in [3.63, 3.8) is 0 Å². The second kappa shape index (κ2) is 6.39. The van der Waals surface area contributed by atoms with E-state index in [1.54, 1.807) is 0 Å². The number of nitrogens with zero attached hydrogens (tertiary/aromatic N) is 2. The van der Waals surface area contributed by atoms with Crippen LogP contribution >= 0.6 is 27.5 Å². The van der Waals surface area contributed by atoms with Gasteiger partial charge in [-0.3, -0.25) is 4.68 Å². The molecule has 1 unspecified atom stereocenters. The highest BCUT2D eigenvalue weighted by Gasteiger charge is 2.11. The van der Waals surface area contributed by atoms with Crippen molar-refractivity contribution < 1.29 is 0 Å². The van der Waals surface area contributed by atoms with Gasteiger partial charge in [-0.2, -0.15) is 5.10 Å². The molecule has 0 aliphatic heterocycles. The lowest BCUT2D eigenvalue weighted by Crippen LogP contribution is -2.10. The summed E-state index contributed by atoms with van der Waals surface area (Å²) in [5, 5.41) is 4.40. The molecule has 0 saturated carbocycles. The molecule has 2 rings (SSSR count). The fourth-order valence-corrected chi connectivity index (χ4v) is 2.49. The summed E-state index contributed by atoms with van der Waals surface area (Å²) >= 11 is 9.51. The Morgan fingerprint density at radius 1 is 1.22 bits per heavy atom. The summed E-state index contributed by atoms with van der Waals surface area (Å²) in [6, 6.07) is 10.5. The van der Waals surface area contributed by atoms with Gasteiger partial charge < -0.3 is 0 Å². The molecule has 1 aromatic heterocycles. The molecule has 0 radical (unpaired) electrons. The quantitative estimate of drug-likeness (QED) is 0.763. The van der Waals surface area contributed by atoms with E-state index < -0.39 is 0 Å². The van der Waals surface area contributed by atoms with Crippen LogP contribution in [0, 0.1) is 5.92 Å². The van der Waals surface area contributed by atoms with Gasteiger partial charge in [-0.15, -0.1) is 11.6 Å². The van der Waals surface area contributed by atoms with Crippen molar-refractivity contribution in [1.82, 2.24) is 9.78 Å². The fraction of sp³-hybridized carbons (Fsp3) is 0.357. The summed E-state index contributed by atoms with van der Waals surface area (Å²) in [6.07, 6.45) is 3.90. The maximum atomic E-state index is 6.06. The van der Waals surface area contributed by atoms with Gasteiger partial charge >= 0.3 is 0 Å². The zero-order chi connectivity index (χ0) is 13.0. The number of hydrogen-bond donors (Lipinski definition) is 0. The van der Waals surface area contributed by atoms with Crippen LogP contribution in [0.4, 0.5) is 0 Å². The summed E-state index contributed by atoms with van der Waals surface area (Å²) in [5.74, 6) is 1.09. The Balaban J connectivity index is 1.99. The standard InChI is InChI=1S/C14H16BrClN2/c1-18-7-6-14(17-18)9-12(10-16)8-11-2-4-13(15)5-3-11/h2-7,12H,8-10H2,1H3. The Morgan fingerprint density at radius 3 is 2.50 bits per heavy atom. The van der Waals surface area contributed by atoms with E-state index in [9.17, 15) is 0 Å². The van der Waals surface area contributed by atoms with E-state index in [-0.39, 0.29) is 0 Å². The van der Waals surface area contributed by atoms with Gasteiger partial charge in [0.2, 0.25) is 0 Å². The van der Waals surface area contributed by atoms with E-state index in [1.165, 1.54) is 5.56 Å². The minimum absolute atomic E-state index is 0.433. The molecule has 0 amide bonds. The Kier molecular flexibility index (Phi) is 4.84. The van der Waals surface area contributed by atoms with Crippen molar-refractivity contribution in [2.45, 2.75) is 12.8 Å². The molecule has 2 aromatic rings. The van der Waals surface area contributed by atoms with E-state index in [0.717, 1.165) is 23.0 Å². The monoisotopic (exact) mass is 326 g/mol. The van der Waals surface area contributed by atoms with Crippen LogP contribution in [0.25, 0.3) is 0 Å². The lowest BCUT2D eigenvalue weighted by atomic mass is 9.96. The minimum Gasteiger partial charge on any atom is -0.276 e. The van der Waals surface area contributed by atoms with Gasteiger partial charge in [0.1, 0.15) is 0 Å². The number of aromatic nitrogens is 2. The maximum absolute atomic E-state index is 6.06. The van der Waals surface area contributed by atoms with Crippen LogP contribution in [0.1, 0.15) is 11.3 Å². The number of halogens is 2. The second-order valence-corrected chi connectivity index (χ2v) is 5.76. The minimum atomic E-state index is 0.433. The van der Waals surface area contributed by atoms with Crippen molar-refractivity contribution in [3.05, 3.63) is 52.3 Å². The largest absolute Gasteiger partial charge is 0.276 e. The van der Waals surface area contributed by atoms with E-state index in [4.69, 9.17) is 11.6 Å². The molecule has 0 aliphatic rings. The predicted octanol–water partition coefficient (Wildman–Crippen LogP) is 3.82. The highest BCUT2D eigenvalue weighted by molar-refractivity contribution is 9.10. The molecule has 0 fully saturated rings. The lowest BCUT2D eigenvalue weighted by Gasteiger charge is -2.12. The topological polar surface area (TPSA) is 17.8 Å². The Hall–Kier alpha value is -0.800. The summed E-state index contributed by atoms with van der Waals surface area (Å²) in [4.78, 5) is 0. The van der Waals surface area contributed by atoms with Crippen LogP contribution in [0.15, 0.2) is 41.0 Å². The highest BCUT2D eigenvalue weighted by atomic mass is 79.9. The molecule has 0 N–H and O–H groups in total. The van der Waals surface area contributed by atoms with Crippen LogP contribution in [-0.2, 0) is 19.9 Å². The molecule has 1 aromatic carbocycles. The molecule has 4 heteroatoms. The van der Waals surface area contributed by atoms with Gasteiger partial charge in [-0.05, 0) is 42.5 Å². The SMILES string of the molecule is Cn1ccc(CC(CCl)Cc2ccc(Br)cc2)n1. The zero-order valence-corrected chi connectivity index (χ0v) is 12.7. The number of hydrogen-bond acceptors (Lipinski definition) is 1. The van der Waals surface area contributed by atoms with Crippen LogP contribution in [-0.4, -0.2) is 15.7 Å². The Bertz CT molecular complexity index is 493. The third-order valence-electron chi connectivity index (χ3n) is 2.92. The zero-order valence-electron chi connectivity index (χ0n) is 10.3. The summed E-state index contributed by atoms with van der Waals surface area (Å²) in [7, 11) is 1.94. The number of aryl methyl sites for hydroxylation is 1. The van der Waals surface area contributed by atoms with E-state index in [2.05, 4.69) is 51.4 Å². The van der Waals surface area contributed by atoms with Crippen LogP contribution in [0.5, 0.6) is 0 Å². The smallest absolute Gasteiger partial charge is 0.0627 e. The molecule has 0 bridgehead atoms. The van der Waals surface area contributed by atoms with Gasteiger partial charge in [0.15, 0.2) is 0 Å². The number of rotatable bonds is 5. The maximum Gasteiger partial charge on any atom is 0.0627 e. The first kappa shape index (κ1) is 13.6. The van der Waals surface area contributed by atoms with Crippen molar-refractivity contribution in [2.24, 2.45) is 13.0 Å². The molecule has 0 saturated heterocycles. The normalized spacial score (nSPS) is 12.6. The molecule has 0 aliphatic carbocycles. The molecule has 1 atom stereocenters. The second-order valence-electron chi connectivity index (χ2n) is 4.54. The van der Waals surface area contributed by atoms with Gasteiger partial charge in [0, 0.05) is 23.6 Å². The van der Waals surface area contributed by atoms with Crippen LogP contribution < -0.4 is 0 Å². The molecular weight excluding hydrogens is 312 g/mol. The molecule has 1 heterocycles. The van der Waals surface area contributed by atoms with Gasteiger partial charge in [0.05, 0.1) is 5.69 Å². The van der Waals surface area contributed by atoms with E-state index in [0.29, 0.717) is 11.8 Å². The summed E-state index contributed by atoms with van der Waals surface area (Å²) in [6.45, 7) is 0. The first-order valence-corrected chi connectivity index (χ1v) is 7.29. The summed E-state index contributed by atoms with van der Waals surface area (Å²) in [5.41, 5.74) is 2.43. The lowest BCUT2D eigenvalue weighted by molar-refractivity contribution is 0.568. The van der Waals surface area contributed by atoms with Crippen molar-refractivity contribution in [2.75, 3.05) is 5.88 Å². The molecule has 18 heavy (non-hydrogen) atoms. The first-order chi connectivity index (χ1) is 8.67. The van der Waals surface area contributed by atoms with Crippen molar-refractivity contribution >= 4 is 27.5 Å². The fourth-order valence-electron chi connectivity index (χ4n) is 2.00. The van der Waals surface area contributed by atoms with E-state index in [1.807, 2.05) is 17.9 Å². The van der Waals surface area contributed by atoms with Gasteiger partial charge in [-0.1, -0.05) is 28.1 Å². The van der Waals surface area contributed by atoms with Crippen molar-refractivity contribution in [1.29, 1.82) is 0 Å². The average Bonchev–Trinajstić information content (AvgIpc) is 2.77. The van der Waals surface area contributed by atoms with Gasteiger partial charge in [-0.25, -0.2) is 0 Å². The number of benzene rings is 1. The summed E-state index contributed by atoms with van der Waals surface area (Å²) < 4.78 is 2.94. The third kappa shape index (κ3) is 3.85. The van der Waals surface area contributed by atoms with Crippen LogP contribution in [0.2, 0.25) is 0 Å². The van der Waals surface area contributed by atoms with Crippen LogP contribution in [0.3, 0.4) is 0 Å². The third-order valence-corrected chi connectivity index (χ3v) is 3.89. The highest BCUT2D eigenvalue weighted by Crippen LogP contribution is 2.17. The van der Waals surface area contributed by atoms with Crippen molar-refractivity contribution in [3.8, 4) is 0 Å². The first-order valence-electron chi connectivity index (χ1n) is 5.96.